The summed E-state index contributed by atoms with van der Waals surface area (Å²) in [4.78, 5) is 34.6. The Hall–Kier alpha value is -2.71. The number of nitrogens with zero attached hydrogens (tertiary/aromatic N) is 1. The van der Waals surface area contributed by atoms with Gasteiger partial charge in [0.1, 0.15) is 11.4 Å². The van der Waals surface area contributed by atoms with Gasteiger partial charge in [-0.05, 0) is 24.1 Å². The molecular formula is C16H16ClN3O5. The van der Waals surface area contributed by atoms with Crippen molar-refractivity contribution in [3.63, 3.8) is 0 Å². The standard InChI is InChI=1S/C16H16ClN3O5/c1-8(21)11-7-13(20-19-11)15(23)18-12(14(22)16(24)25)6-9-4-2-3-5-10(9)17/h2-5,7,12,14,22H,6H2,1H3,(H,18,23)(H,19,20)(H,24,25)/t12-,14-/m1/s1. The van der Waals surface area contributed by atoms with Crippen LogP contribution in [0.15, 0.2) is 30.3 Å². The Morgan fingerprint density at radius 1 is 1.32 bits per heavy atom. The van der Waals surface area contributed by atoms with Gasteiger partial charge in [-0.25, -0.2) is 4.79 Å². The lowest BCUT2D eigenvalue weighted by atomic mass is 10.0. The SMILES string of the molecule is CC(=O)c1cc(C(=O)N[C@H](Cc2ccccc2Cl)[C@@H](O)C(=O)O)[nH]n1. The smallest absolute Gasteiger partial charge is 0.334 e. The van der Waals surface area contributed by atoms with Crippen molar-refractivity contribution in [2.24, 2.45) is 0 Å². The zero-order valence-electron chi connectivity index (χ0n) is 13.2. The third kappa shape index (κ3) is 4.65. The highest BCUT2D eigenvalue weighted by molar-refractivity contribution is 6.31. The molecule has 0 spiro atoms. The predicted octanol–water partition coefficient (Wildman–Crippen LogP) is 1.05. The van der Waals surface area contributed by atoms with Crippen LogP contribution in [0.3, 0.4) is 0 Å². The first kappa shape index (κ1) is 18.6. The Morgan fingerprint density at radius 2 is 2.00 bits per heavy atom. The normalized spacial score (nSPS) is 13.1. The quantitative estimate of drug-likeness (QED) is 0.542. The molecule has 1 amide bonds. The van der Waals surface area contributed by atoms with Gasteiger partial charge in [-0.2, -0.15) is 5.10 Å². The molecule has 8 nitrogen and oxygen atoms in total. The Balaban J connectivity index is 2.20. The minimum atomic E-state index is -1.84. The first-order chi connectivity index (χ1) is 11.8. The van der Waals surface area contributed by atoms with Crippen molar-refractivity contribution in [2.75, 3.05) is 0 Å². The van der Waals surface area contributed by atoms with Crippen molar-refractivity contribution in [1.82, 2.24) is 15.5 Å². The monoisotopic (exact) mass is 365 g/mol. The number of carbonyl (C=O) groups excluding carboxylic acids is 2. The van der Waals surface area contributed by atoms with Gasteiger partial charge in [0.05, 0.1) is 6.04 Å². The van der Waals surface area contributed by atoms with Crippen LogP contribution in [0.1, 0.15) is 33.5 Å². The van der Waals surface area contributed by atoms with Crippen LogP contribution in [0.4, 0.5) is 0 Å². The van der Waals surface area contributed by atoms with Crippen LogP contribution in [0.25, 0.3) is 0 Å². The third-order valence-corrected chi connectivity index (χ3v) is 3.90. The Morgan fingerprint density at radius 3 is 2.56 bits per heavy atom. The zero-order chi connectivity index (χ0) is 18.6. The lowest BCUT2D eigenvalue weighted by molar-refractivity contribution is -0.148. The number of hydrogen-bond acceptors (Lipinski definition) is 5. The number of aliphatic hydroxyl groups is 1. The van der Waals surface area contributed by atoms with Gasteiger partial charge in [0.2, 0.25) is 0 Å². The van der Waals surface area contributed by atoms with E-state index in [-0.39, 0.29) is 23.6 Å². The number of carboxylic acid groups (broad SMARTS) is 1. The largest absolute Gasteiger partial charge is 0.479 e. The highest BCUT2D eigenvalue weighted by Gasteiger charge is 2.29. The maximum Gasteiger partial charge on any atom is 0.334 e. The molecule has 4 N–H and O–H groups in total. The molecule has 0 aliphatic carbocycles. The summed E-state index contributed by atoms with van der Waals surface area (Å²) in [6, 6.07) is 6.82. The van der Waals surface area contributed by atoms with Crippen LogP contribution in [-0.4, -0.2) is 50.2 Å². The number of halogens is 1. The van der Waals surface area contributed by atoms with E-state index in [4.69, 9.17) is 16.7 Å². The summed E-state index contributed by atoms with van der Waals surface area (Å²) in [5.41, 5.74) is 0.627. The molecule has 0 aliphatic heterocycles. The maximum absolute atomic E-state index is 12.3. The van der Waals surface area contributed by atoms with E-state index in [9.17, 15) is 19.5 Å². The fourth-order valence-electron chi connectivity index (χ4n) is 2.18. The van der Waals surface area contributed by atoms with Crippen molar-refractivity contribution < 1.29 is 24.6 Å². The molecule has 132 valence electrons. The van der Waals surface area contributed by atoms with Crippen LogP contribution in [-0.2, 0) is 11.2 Å². The summed E-state index contributed by atoms with van der Waals surface area (Å²) in [6.07, 6.45) is -1.83. The molecular weight excluding hydrogens is 350 g/mol. The average molecular weight is 366 g/mol. The van der Waals surface area contributed by atoms with Gasteiger partial charge in [-0.3, -0.25) is 14.7 Å². The third-order valence-electron chi connectivity index (χ3n) is 3.53. The van der Waals surface area contributed by atoms with E-state index in [0.29, 0.717) is 10.6 Å². The van der Waals surface area contributed by atoms with Gasteiger partial charge in [0, 0.05) is 11.9 Å². The van der Waals surface area contributed by atoms with Crippen LogP contribution in [0, 0.1) is 0 Å². The van der Waals surface area contributed by atoms with Gasteiger partial charge in [-0.15, -0.1) is 0 Å². The fourth-order valence-corrected chi connectivity index (χ4v) is 2.39. The summed E-state index contributed by atoms with van der Waals surface area (Å²) >= 11 is 6.05. The van der Waals surface area contributed by atoms with Crippen LogP contribution in [0.5, 0.6) is 0 Å². The van der Waals surface area contributed by atoms with Gasteiger partial charge in [-0.1, -0.05) is 29.8 Å². The second-order valence-corrected chi connectivity index (χ2v) is 5.79. The number of benzene rings is 1. The minimum Gasteiger partial charge on any atom is -0.479 e. The number of aromatic amines is 1. The van der Waals surface area contributed by atoms with E-state index in [1.165, 1.54) is 13.0 Å². The second kappa shape index (κ2) is 7.91. The van der Waals surface area contributed by atoms with E-state index < -0.39 is 24.0 Å². The minimum absolute atomic E-state index is 0.00653. The molecule has 0 fully saturated rings. The maximum atomic E-state index is 12.3. The van der Waals surface area contributed by atoms with Crippen molar-refractivity contribution in [2.45, 2.75) is 25.5 Å². The molecule has 2 rings (SSSR count). The summed E-state index contributed by atoms with van der Waals surface area (Å²) < 4.78 is 0. The van der Waals surface area contributed by atoms with Crippen LogP contribution < -0.4 is 5.32 Å². The van der Waals surface area contributed by atoms with Crippen molar-refractivity contribution in [3.8, 4) is 0 Å². The predicted molar refractivity (Wildman–Crippen MR) is 88.6 cm³/mol. The van der Waals surface area contributed by atoms with Gasteiger partial charge < -0.3 is 15.5 Å². The highest BCUT2D eigenvalue weighted by atomic mass is 35.5. The summed E-state index contributed by atoms with van der Waals surface area (Å²) in [7, 11) is 0. The van der Waals surface area contributed by atoms with E-state index >= 15 is 0 Å². The number of H-pyrrole nitrogens is 1. The number of carboxylic acids is 1. The number of aromatic nitrogens is 2. The molecule has 1 aromatic heterocycles. The van der Waals surface area contributed by atoms with E-state index in [1.54, 1.807) is 24.3 Å². The topological polar surface area (TPSA) is 132 Å². The Kier molecular flexibility index (Phi) is 5.89. The number of aliphatic carboxylic acids is 1. The molecule has 0 aliphatic rings. The molecule has 0 saturated heterocycles. The number of nitrogens with one attached hydrogen (secondary N) is 2. The fraction of sp³-hybridized carbons (Fsp3) is 0.250. The summed E-state index contributed by atoms with van der Waals surface area (Å²) in [5.74, 6) is -2.50. The van der Waals surface area contributed by atoms with Gasteiger partial charge >= 0.3 is 5.97 Å². The van der Waals surface area contributed by atoms with Gasteiger partial charge in [0.15, 0.2) is 11.9 Å². The molecule has 0 saturated carbocycles. The number of amides is 1. The molecule has 9 heteroatoms. The second-order valence-electron chi connectivity index (χ2n) is 5.38. The molecule has 1 aromatic carbocycles. The number of aliphatic hydroxyl groups excluding tert-OH is 1. The first-order valence-corrected chi connectivity index (χ1v) is 7.69. The molecule has 0 radical (unpaired) electrons. The Bertz CT molecular complexity index is 805. The zero-order valence-corrected chi connectivity index (χ0v) is 13.9. The van der Waals surface area contributed by atoms with Crippen LogP contribution >= 0.6 is 11.6 Å². The number of hydrogen-bond donors (Lipinski definition) is 4. The van der Waals surface area contributed by atoms with Crippen LogP contribution in [0.2, 0.25) is 5.02 Å². The van der Waals surface area contributed by atoms with Crippen molar-refractivity contribution in [3.05, 3.63) is 52.3 Å². The van der Waals surface area contributed by atoms with E-state index in [2.05, 4.69) is 15.5 Å². The number of rotatable bonds is 7. The van der Waals surface area contributed by atoms with E-state index in [0.717, 1.165) is 0 Å². The lowest BCUT2D eigenvalue weighted by Crippen LogP contribution is -2.48. The number of carbonyl (C=O) groups is 3. The molecule has 0 unspecified atom stereocenters. The molecule has 25 heavy (non-hydrogen) atoms. The lowest BCUT2D eigenvalue weighted by Gasteiger charge is -2.21. The average Bonchev–Trinajstić information content (AvgIpc) is 3.05. The van der Waals surface area contributed by atoms with Crippen molar-refractivity contribution in [1.29, 1.82) is 0 Å². The molecule has 0 bridgehead atoms. The molecule has 2 atom stereocenters. The highest BCUT2D eigenvalue weighted by Crippen LogP contribution is 2.18. The van der Waals surface area contributed by atoms with E-state index in [1.807, 2.05) is 0 Å². The first-order valence-electron chi connectivity index (χ1n) is 7.31. The number of ketones is 1. The summed E-state index contributed by atoms with van der Waals surface area (Å²) in [6.45, 7) is 1.30. The van der Waals surface area contributed by atoms with Crippen molar-refractivity contribution >= 4 is 29.3 Å². The molecule has 1 heterocycles. The number of Topliss-reactive ketones (excluding diaryl/α,β-unsaturated/α-hetero) is 1. The Labute approximate surface area is 147 Å². The summed E-state index contributed by atoms with van der Waals surface area (Å²) in [5, 5.41) is 27.9. The molecule has 2 aromatic rings. The van der Waals surface area contributed by atoms with Gasteiger partial charge in [0.25, 0.3) is 5.91 Å².